The van der Waals surface area contributed by atoms with Crippen LogP contribution in [-0.2, 0) is 12.8 Å². The van der Waals surface area contributed by atoms with E-state index in [9.17, 15) is 9.90 Å². The van der Waals surface area contributed by atoms with Crippen molar-refractivity contribution < 1.29 is 9.90 Å². The highest BCUT2D eigenvalue weighted by molar-refractivity contribution is 5.96. The number of aromatic nitrogens is 1. The zero-order valence-corrected chi connectivity index (χ0v) is 12.0. The quantitative estimate of drug-likeness (QED) is 0.900. The molecule has 3 nitrogen and oxygen atoms in total. The van der Waals surface area contributed by atoms with E-state index < -0.39 is 5.97 Å². The van der Waals surface area contributed by atoms with Gasteiger partial charge in [-0.2, -0.15) is 0 Å². The minimum absolute atomic E-state index is 0.378. The van der Waals surface area contributed by atoms with Gasteiger partial charge in [-0.1, -0.05) is 13.8 Å². The first-order valence-electron chi connectivity index (χ1n) is 6.89. The SMILES string of the molecule is CCc1cn(C(C)C)c2c(CC)cc(C(=O)O)cc12. The van der Waals surface area contributed by atoms with Crippen LogP contribution in [0.3, 0.4) is 0 Å². The molecule has 0 saturated carbocycles. The average molecular weight is 259 g/mol. The Bertz CT molecular complexity index is 623. The number of carboxylic acids is 1. The molecule has 0 fully saturated rings. The highest BCUT2D eigenvalue weighted by atomic mass is 16.4. The van der Waals surface area contributed by atoms with Gasteiger partial charge in [-0.25, -0.2) is 4.79 Å². The molecule has 0 aliphatic rings. The van der Waals surface area contributed by atoms with Crippen molar-refractivity contribution >= 4 is 16.9 Å². The highest BCUT2D eigenvalue weighted by Crippen LogP contribution is 2.30. The summed E-state index contributed by atoms with van der Waals surface area (Å²) in [6.07, 6.45) is 3.93. The smallest absolute Gasteiger partial charge is 0.335 e. The van der Waals surface area contributed by atoms with Gasteiger partial charge in [-0.15, -0.1) is 0 Å². The van der Waals surface area contributed by atoms with Crippen molar-refractivity contribution in [1.82, 2.24) is 4.57 Å². The van der Waals surface area contributed by atoms with Crippen LogP contribution < -0.4 is 0 Å². The van der Waals surface area contributed by atoms with Crippen LogP contribution in [0.25, 0.3) is 10.9 Å². The number of carboxylic acid groups (broad SMARTS) is 1. The highest BCUT2D eigenvalue weighted by Gasteiger charge is 2.16. The van der Waals surface area contributed by atoms with Gasteiger partial charge in [0.2, 0.25) is 0 Å². The number of rotatable bonds is 4. The molecule has 0 aliphatic heterocycles. The van der Waals surface area contributed by atoms with Gasteiger partial charge in [0.05, 0.1) is 11.1 Å². The van der Waals surface area contributed by atoms with E-state index in [0.717, 1.165) is 23.8 Å². The number of benzene rings is 1. The lowest BCUT2D eigenvalue weighted by Gasteiger charge is -2.12. The van der Waals surface area contributed by atoms with Crippen LogP contribution in [0.4, 0.5) is 0 Å². The van der Waals surface area contributed by atoms with E-state index in [4.69, 9.17) is 0 Å². The molecule has 0 saturated heterocycles. The number of nitrogens with zero attached hydrogens (tertiary/aromatic N) is 1. The maximum absolute atomic E-state index is 11.2. The van der Waals surface area contributed by atoms with E-state index in [1.807, 2.05) is 12.1 Å². The minimum Gasteiger partial charge on any atom is -0.478 e. The van der Waals surface area contributed by atoms with E-state index >= 15 is 0 Å². The summed E-state index contributed by atoms with van der Waals surface area (Å²) in [5.74, 6) is -0.851. The topological polar surface area (TPSA) is 42.2 Å². The predicted molar refractivity (Wildman–Crippen MR) is 78.0 cm³/mol. The summed E-state index contributed by atoms with van der Waals surface area (Å²) in [6, 6.07) is 4.00. The first-order valence-corrected chi connectivity index (χ1v) is 6.89. The van der Waals surface area contributed by atoms with E-state index in [0.29, 0.717) is 11.6 Å². The van der Waals surface area contributed by atoms with Crippen LogP contribution in [0.1, 0.15) is 55.2 Å². The Balaban J connectivity index is 2.86. The molecule has 0 aliphatic carbocycles. The van der Waals surface area contributed by atoms with Crippen molar-refractivity contribution in [2.75, 3.05) is 0 Å². The van der Waals surface area contributed by atoms with Crippen molar-refractivity contribution in [2.24, 2.45) is 0 Å². The number of hydrogen-bond donors (Lipinski definition) is 1. The van der Waals surface area contributed by atoms with Gasteiger partial charge in [0.15, 0.2) is 0 Å². The summed E-state index contributed by atoms with van der Waals surface area (Å²) in [6.45, 7) is 8.50. The Labute approximate surface area is 113 Å². The first-order chi connectivity index (χ1) is 8.99. The molecule has 1 aromatic heterocycles. The number of aryl methyl sites for hydroxylation is 2. The molecule has 19 heavy (non-hydrogen) atoms. The molecule has 1 heterocycles. The number of hydrogen-bond acceptors (Lipinski definition) is 1. The average Bonchev–Trinajstić information content (AvgIpc) is 2.76. The molecule has 2 rings (SSSR count). The Morgan fingerprint density at radius 3 is 2.32 bits per heavy atom. The number of aromatic carboxylic acids is 1. The molecule has 0 bridgehead atoms. The summed E-state index contributed by atoms with van der Waals surface area (Å²) >= 11 is 0. The van der Waals surface area contributed by atoms with Crippen molar-refractivity contribution in [3.05, 3.63) is 35.0 Å². The fourth-order valence-corrected chi connectivity index (χ4v) is 2.63. The van der Waals surface area contributed by atoms with E-state index in [1.165, 1.54) is 11.1 Å². The van der Waals surface area contributed by atoms with Gasteiger partial charge in [-0.05, 0) is 49.9 Å². The van der Waals surface area contributed by atoms with Crippen LogP contribution in [0.15, 0.2) is 18.3 Å². The van der Waals surface area contributed by atoms with Crippen LogP contribution in [0, 0.1) is 0 Å². The summed E-state index contributed by atoms with van der Waals surface area (Å²) in [7, 11) is 0. The molecule has 0 unspecified atom stereocenters. The maximum Gasteiger partial charge on any atom is 0.335 e. The minimum atomic E-state index is -0.851. The fraction of sp³-hybridized carbons (Fsp3) is 0.438. The second-order valence-electron chi connectivity index (χ2n) is 5.20. The molecular weight excluding hydrogens is 238 g/mol. The van der Waals surface area contributed by atoms with Gasteiger partial charge in [0.25, 0.3) is 0 Å². The molecule has 0 atom stereocenters. The monoisotopic (exact) mass is 259 g/mol. The van der Waals surface area contributed by atoms with Crippen LogP contribution in [-0.4, -0.2) is 15.6 Å². The van der Waals surface area contributed by atoms with Gasteiger partial charge in [-0.3, -0.25) is 0 Å². The van der Waals surface area contributed by atoms with Gasteiger partial charge >= 0.3 is 5.97 Å². The van der Waals surface area contributed by atoms with Gasteiger partial charge in [0, 0.05) is 17.6 Å². The fourth-order valence-electron chi connectivity index (χ4n) is 2.63. The summed E-state index contributed by atoms with van der Waals surface area (Å²) in [5.41, 5.74) is 3.92. The van der Waals surface area contributed by atoms with E-state index in [2.05, 4.69) is 38.5 Å². The van der Waals surface area contributed by atoms with Crippen LogP contribution in [0.5, 0.6) is 0 Å². The molecule has 2 aromatic rings. The standard InChI is InChI=1S/C16H21NO2/c1-5-11-7-13(16(18)19)8-14-12(6-2)9-17(10(3)4)15(11)14/h7-10H,5-6H2,1-4H3,(H,18,19). The summed E-state index contributed by atoms with van der Waals surface area (Å²) < 4.78 is 2.26. The zero-order valence-electron chi connectivity index (χ0n) is 12.0. The van der Waals surface area contributed by atoms with Crippen molar-refractivity contribution in [3.63, 3.8) is 0 Å². The lowest BCUT2D eigenvalue weighted by molar-refractivity contribution is 0.0697. The molecular formula is C16H21NO2. The second-order valence-corrected chi connectivity index (χ2v) is 5.20. The Morgan fingerprint density at radius 2 is 1.84 bits per heavy atom. The molecule has 0 radical (unpaired) electrons. The molecule has 102 valence electrons. The maximum atomic E-state index is 11.2. The Kier molecular flexibility index (Phi) is 3.65. The Hall–Kier alpha value is -1.77. The lowest BCUT2D eigenvalue weighted by Crippen LogP contribution is -2.03. The van der Waals surface area contributed by atoms with Gasteiger partial charge in [0.1, 0.15) is 0 Å². The normalized spacial score (nSPS) is 11.4. The molecule has 3 heteroatoms. The van der Waals surface area contributed by atoms with Gasteiger partial charge < -0.3 is 9.67 Å². The lowest BCUT2D eigenvalue weighted by atomic mass is 10.0. The third kappa shape index (κ3) is 2.25. The largest absolute Gasteiger partial charge is 0.478 e. The molecule has 1 N–H and O–H groups in total. The van der Waals surface area contributed by atoms with E-state index in [-0.39, 0.29) is 0 Å². The third-order valence-corrected chi connectivity index (χ3v) is 3.65. The first kappa shape index (κ1) is 13.7. The van der Waals surface area contributed by atoms with E-state index in [1.54, 1.807) is 0 Å². The predicted octanol–water partition coefficient (Wildman–Crippen LogP) is 4.05. The molecule has 0 amide bonds. The number of fused-ring (bicyclic) bond motifs is 1. The Morgan fingerprint density at radius 1 is 1.21 bits per heavy atom. The summed E-state index contributed by atoms with van der Waals surface area (Å²) in [5, 5.41) is 10.3. The third-order valence-electron chi connectivity index (χ3n) is 3.65. The summed E-state index contributed by atoms with van der Waals surface area (Å²) in [4.78, 5) is 11.2. The zero-order chi connectivity index (χ0) is 14.2. The van der Waals surface area contributed by atoms with Crippen LogP contribution >= 0.6 is 0 Å². The van der Waals surface area contributed by atoms with Crippen molar-refractivity contribution in [3.8, 4) is 0 Å². The second kappa shape index (κ2) is 5.08. The van der Waals surface area contributed by atoms with Crippen LogP contribution in [0.2, 0.25) is 0 Å². The molecule has 0 spiro atoms. The molecule has 1 aromatic carbocycles. The van der Waals surface area contributed by atoms with Crippen molar-refractivity contribution in [1.29, 1.82) is 0 Å². The number of carbonyl (C=O) groups is 1. The van der Waals surface area contributed by atoms with Crippen molar-refractivity contribution in [2.45, 2.75) is 46.6 Å².